The highest BCUT2D eigenvalue weighted by Crippen LogP contribution is 2.31. The van der Waals surface area contributed by atoms with E-state index in [9.17, 15) is 5.11 Å². The summed E-state index contributed by atoms with van der Waals surface area (Å²) in [5.74, 6) is 0.393. The fourth-order valence-electron chi connectivity index (χ4n) is 2.64. The van der Waals surface area contributed by atoms with Crippen molar-refractivity contribution in [3.05, 3.63) is 35.9 Å². The van der Waals surface area contributed by atoms with Gasteiger partial charge in [0.1, 0.15) is 0 Å². The summed E-state index contributed by atoms with van der Waals surface area (Å²) in [5, 5.41) is 10.3. The molecule has 96 valence electrons. The SMILES string of the molecule is Cl.N[C@H](c1ccccc1)[C@@H](O)C1CCCCC1. The van der Waals surface area contributed by atoms with Gasteiger partial charge < -0.3 is 10.8 Å². The summed E-state index contributed by atoms with van der Waals surface area (Å²) in [6, 6.07) is 9.69. The molecule has 1 aromatic carbocycles. The molecule has 1 aromatic rings. The molecule has 0 aromatic heterocycles. The number of halogens is 1. The Hall–Kier alpha value is -0.570. The van der Waals surface area contributed by atoms with Crippen molar-refractivity contribution >= 4 is 12.4 Å². The van der Waals surface area contributed by atoms with Crippen molar-refractivity contribution in [2.24, 2.45) is 11.7 Å². The van der Waals surface area contributed by atoms with Crippen LogP contribution in [-0.2, 0) is 0 Å². The second kappa shape index (κ2) is 7.00. The van der Waals surface area contributed by atoms with Crippen LogP contribution in [0.25, 0.3) is 0 Å². The van der Waals surface area contributed by atoms with E-state index < -0.39 is 0 Å². The third-order valence-corrected chi connectivity index (χ3v) is 3.69. The molecule has 2 nitrogen and oxygen atoms in total. The lowest BCUT2D eigenvalue weighted by Crippen LogP contribution is -2.34. The molecular formula is C14H22ClNO. The molecule has 1 aliphatic rings. The molecule has 2 atom stereocenters. The maximum absolute atomic E-state index is 10.3. The van der Waals surface area contributed by atoms with Crippen molar-refractivity contribution in [1.82, 2.24) is 0 Å². The van der Waals surface area contributed by atoms with E-state index in [0.29, 0.717) is 5.92 Å². The normalized spacial score (nSPS) is 20.4. The smallest absolute Gasteiger partial charge is 0.0760 e. The first-order valence-corrected chi connectivity index (χ1v) is 6.27. The van der Waals surface area contributed by atoms with E-state index in [1.165, 1.54) is 19.3 Å². The minimum atomic E-state index is -0.386. The van der Waals surface area contributed by atoms with Crippen LogP contribution in [0.4, 0.5) is 0 Å². The largest absolute Gasteiger partial charge is 0.391 e. The average molecular weight is 256 g/mol. The highest BCUT2D eigenvalue weighted by atomic mass is 35.5. The van der Waals surface area contributed by atoms with Crippen LogP contribution >= 0.6 is 12.4 Å². The predicted molar refractivity (Wildman–Crippen MR) is 73.2 cm³/mol. The Morgan fingerprint density at radius 3 is 2.24 bits per heavy atom. The zero-order valence-electron chi connectivity index (χ0n) is 10.1. The van der Waals surface area contributed by atoms with Gasteiger partial charge in [0.05, 0.1) is 12.1 Å². The average Bonchev–Trinajstić information content (AvgIpc) is 2.39. The fourth-order valence-corrected chi connectivity index (χ4v) is 2.64. The summed E-state index contributed by atoms with van der Waals surface area (Å²) in [7, 11) is 0. The first-order valence-electron chi connectivity index (χ1n) is 6.27. The monoisotopic (exact) mass is 255 g/mol. The number of rotatable bonds is 3. The van der Waals surface area contributed by atoms with E-state index >= 15 is 0 Å². The van der Waals surface area contributed by atoms with Crippen LogP contribution < -0.4 is 5.73 Å². The van der Waals surface area contributed by atoms with Gasteiger partial charge in [-0.25, -0.2) is 0 Å². The van der Waals surface area contributed by atoms with Crippen molar-refractivity contribution in [2.45, 2.75) is 44.2 Å². The van der Waals surface area contributed by atoms with Gasteiger partial charge in [-0.15, -0.1) is 12.4 Å². The quantitative estimate of drug-likeness (QED) is 0.872. The Labute approximate surface area is 110 Å². The van der Waals surface area contributed by atoms with Gasteiger partial charge in [0.2, 0.25) is 0 Å². The molecule has 0 radical (unpaired) electrons. The van der Waals surface area contributed by atoms with Crippen molar-refractivity contribution in [2.75, 3.05) is 0 Å². The summed E-state index contributed by atoms with van der Waals surface area (Å²) in [6.45, 7) is 0. The molecule has 1 aliphatic carbocycles. The fraction of sp³-hybridized carbons (Fsp3) is 0.571. The molecule has 0 unspecified atom stereocenters. The Morgan fingerprint density at radius 2 is 1.65 bits per heavy atom. The van der Waals surface area contributed by atoms with Crippen LogP contribution in [0.15, 0.2) is 30.3 Å². The number of hydrogen-bond donors (Lipinski definition) is 2. The molecule has 1 saturated carbocycles. The van der Waals surface area contributed by atoms with Crippen molar-refractivity contribution < 1.29 is 5.11 Å². The lowest BCUT2D eigenvalue weighted by atomic mass is 9.81. The molecule has 0 aliphatic heterocycles. The number of nitrogens with two attached hydrogens (primary N) is 1. The van der Waals surface area contributed by atoms with Crippen LogP contribution in [0.1, 0.15) is 43.7 Å². The van der Waals surface area contributed by atoms with Crippen LogP contribution in [0.2, 0.25) is 0 Å². The van der Waals surface area contributed by atoms with Gasteiger partial charge in [-0.3, -0.25) is 0 Å². The molecule has 0 heterocycles. The van der Waals surface area contributed by atoms with Gasteiger partial charge >= 0.3 is 0 Å². The number of benzene rings is 1. The molecule has 0 bridgehead atoms. The van der Waals surface area contributed by atoms with Crippen LogP contribution in [0.5, 0.6) is 0 Å². The second-order valence-corrected chi connectivity index (χ2v) is 4.83. The van der Waals surface area contributed by atoms with E-state index in [2.05, 4.69) is 0 Å². The van der Waals surface area contributed by atoms with Crippen molar-refractivity contribution in [3.8, 4) is 0 Å². The van der Waals surface area contributed by atoms with Gasteiger partial charge in [-0.05, 0) is 24.3 Å². The molecule has 3 N–H and O–H groups in total. The zero-order chi connectivity index (χ0) is 11.4. The van der Waals surface area contributed by atoms with Crippen LogP contribution in [0, 0.1) is 5.92 Å². The summed E-state index contributed by atoms with van der Waals surface area (Å²) < 4.78 is 0. The molecule has 1 fully saturated rings. The summed E-state index contributed by atoms with van der Waals surface area (Å²) in [6.07, 6.45) is 5.65. The zero-order valence-corrected chi connectivity index (χ0v) is 10.9. The van der Waals surface area contributed by atoms with E-state index in [1.54, 1.807) is 0 Å². The maximum atomic E-state index is 10.3. The van der Waals surface area contributed by atoms with E-state index in [-0.39, 0.29) is 24.6 Å². The van der Waals surface area contributed by atoms with Gasteiger partial charge in [-0.2, -0.15) is 0 Å². The highest BCUT2D eigenvalue weighted by Gasteiger charge is 2.27. The van der Waals surface area contributed by atoms with Gasteiger partial charge in [0, 0.05) is 0 Å². The van der Waals surface area contributed by atoms with Crippen LogP contribution in [0.3, 0.4) is 0 Å². The Morgan fingerprint density at radius 1 is 1.06 bits per heavy atom. The molecule has 2 rings (SSSR count). The highest BCUT2D eigenvalue weighted by molar-refractivity contribution is 5.85. The molecule has 3 heteroatoms. The van der Waals surface area contributed by atoms with E-state index in [1.807, 2.05) is 30.3 Å². The molecular weight excluding hydrogens is 234 g/mol. The van der Waals surface area contributed by atoms with Crippen LogP contribution in [-0.4, -0.2) is 11.2 Å². The Balaban J connectivity index is 0.00000144. The van der Waals surface area contributed by atoms with Gasteiger partial charge in [0.25, 0.3) is 0 Å². The topological polar surface area (TPSA) is 46.2 Å². The summed E-state index contributed by atoms with van der Waals surface area (Å²) >= 11 is 0. The standard InChI is InChI=1S/C14H21NO.ClH/c15-13(11-7-3-1-4-8-11)14(16)12-9-5-2-6-10-12;/h1,3-4,7-8,12-14,16H,2,5-6,9-10,15H2;1H/t13-,14+;/m1./s1. The lowest BCUT2D eigenvalue weighted by molar-refractivity contribution is 0.0618. The number of aliphatic hydroxyl groups excluding tert-OH is 1. The third kappa shape index (κ3) is 3.70. The van der Waals surface area contributed by atoms with E-state index in [4.69, 9.17) is 5.73 Å². The minimum absolute atomic E-state index is 0. The molecule has 0 spiro atoms. The number of aliphatic hydroxyl groups is 1. The van der Waals surface area contributed by atoms with Crippen molar-refractivity contribution in [3.63, 3.8) is 0 Å². The minimum Gasteiger partial charge on any atom is -0.391 e. The van der Waals surface area contributed by atoms with Gasteiger partial charge in [-0.1, -0.05) is 49.6 Å². The maximum Gasteiger partial charge on any atom is 0.0760 e. The molecule has 0 saturated heterocycles. The van der Waals surface area contributed by atoms with Crippen molar-refractivity contribution in [1.29, 1.82) is 0 Å². The molecule has 17 heavy (non-hydrogen) atoms. The third-order valence-electron chi connectivity index (χ3n) is 3.69. The summed E-state index contributed by atoms with van der Waals surface area (Å²) in [5.41, 5.74) is 7.16. The lowest BCUT2D eigenvalue weighted by Gasteiger charge is -2.30. The van der Waals surface area contributed by atoms with Gasteiger partial charge in [0.15, 0.2) is 0 Å². The summed E-state index contributed by atoms with van der Waals surface area (Å²) in [4.78, 5) is 0. The Bertz CT molecular complexity index is 311. The first kappa shape index (κ1) is 14.5. The second-order valence-electron chi connectivity index (χ2n) is 4.83. The molecule has 0 amide bonds. The first-order chi connectivity index (χ1) is 7.79. The Kier molecular flexibility index (Phi) is 5.96. The number of hydrogen-bond acceptors (Lipinski definition) is 2. The van der Waals surface area contributed by atoms with E-state index in [0.717, 1.165) is 18.4 Å². The predicted octanol–water partition coefficient (Wildman–Crippen LogP) is 3.05.